The maximum Gasteiger partial charge on any atom is 0.210 e. The van der Waals surface area contributed by atoms with Crippen molar-refractivity contribution >= 4 is 23.7 Å². The van der Waals surface area contributed by atoms with E-state index < -0.39 is 0 Å². The highest BCUT2D eigenvalue weighted by molar-refractivity contribution is 6.28. The lowest BCUT2D eigenvalue weighted by Crippen LogP contribution is -2.22. The zero-order valence-corrected chi connectivity index (χ0v) is 13.2. The normalized spacial score (nSPS) is 13.2. The third-order valence-corrected chi connectivity index (χ3v) is 4.39. The molecule has 2 aromatic carbocycles. The highest BCUT2D eigenvalue weighted by atomic mass is 16.1. The highest BCUT2D eigenvalue weighted by Crippen LogP contribution is 2.29. The van der Waals surface area contributed by atoms with E-state index in [4.69, 9.17) is 0 Å². The predicted octanol–water partition coefficient (Wildman–Crippen LogP) is 3.97. The number of hydrogen-bond acceptors (Lipinski definition) is 2. The minimum Gasteiger partial charge on any atom is -0.341 e. The van der Waals surface area contributed by atoms with Crippen molar-refractivity contribution in [3.05, 3.63) is 94.3 Å². The van der Waals surface area contributed by atoms with Gasteiger partial charge in [0.05, 0.1) is 5.56 Å². The molecule has 0 saturated carbocycles. The van der Waals surface area contributed by atoms with Crippen LogP contribution in [-0.4, -0.2) is 16.1 Å². The van der Waals surface area contributed by atoms with E-state index in [9.17, 15) is 9.59 Å². The molecular formula is C21H15NO2. The van der Waals surface area contributed by atoms with Crippen molar-refractivity contribution in [1.29, 1.82) is 0 Å². The molecule has 1 aromatic heterocycles. The van der Waals surface area contributed by atoms with Crippen LogP contribution in [0.3, 0.4) is 0 Å². The molecule has 0 aliphatic heterocycles. The molecule has 1 aliphatic rings. The Morgan fingerprint density at radius 3 is 2.08 bits per heavy atom. The van der Waals surface area contributed by atoms with Crippen LogP contribution in [0.25, 0.3) is 12.2 Å². The fraction of sp³-hybridized carbons (Fsp3) is 0.0476. The first-order valence-corrected chi connectivity index (χ1v) is 7.78. The number of fused-ring (bicyclic) bond motifs is 2. The van der Waals surface area contributed by atoms with Gasteiger partial charge in [-0.3, -0.25) is 9.59 Å². The van der Waals surface area contributed by atoms with Gasteiger partial charge in [0.1, 0.15) is 5.69 Å². The van der Waals surface area contributed by atoms with Crippen LogP contribution in [0.15, 0.2) is 60.7 Å². The summed E-state index contributed by atoms with van der Waals surface area (Å²) in [5, 5.41) is 0. The molecule has 0 fully saturated rings. The van der Waals surface area contributed by atoms with Crippen LogP contribution in [0.2, 0.25) is 0 Å². The molecule has 24 heavy (non-hydrogen) atoms. The highest BCUT2D eigenvalue weighted by Gasteiger charge is 2.32. The fourth-order valence-electron chi connectivity index (χ4n) is 3.13. The molecule has 3 aromatic rings. The molecule has 116 valence electrons. The van der Waals surface area contributed by atoms with Crippen LogP contribution in [-0.2, 0) is 7.05 Å². The number of carbonyl (C=O) groups is 2. The van der Waals surface area contributed by atoms with Gasteiger partial charge in [-0.15, -0.1) is 0 Å². The van der Waals surface area contributed by atoms with Crippen LogP contribution in [0.5, 0.6) is 0 Å². The minimum absolute atomic E-state index is 0.0878. The molecule has 3 nitrogen and oxygen atoms in total. The Bertz CT molecular complexity index is 994. The Hall–Kier alpha value is -3.20. The van der Waals surface area contributed by atoms with Gasteiger partial charge < -0.3 is 4.57 Å². The third kappa shape index (κ3) is 2.14. The number of benzene rings is 2. The number of nitrogens with zero attached hydrogens (tertiary/aromatic N) is 1. The molecule has 4 rings (SSSR count). The van der Waals surface area contributed by atoms with Crippen molar-refractivity contribution in [1.82, 2.24) is 4.57 Å². The maximum absolute atomic E-state index is 12.8. The lowest BCUT2D eigenvalue weighted by Gasteiger charge is -2.15. The first-order valence-electron chi connectivity index (χ1n) is 7.78. The first kappa shape index (κ1) is 14.4. The second kappa shape index (κ2) is 5.46. The summed E-state index contributed by atoms with van der Waals surface area (Å²) in [6, 6.07) is 18.7. The fourth-order valence-corrected chi connectivity index (χ4v) is 3.13. The lowest BCUT2D eigenvalue weighted by atomic mass is 9.88. The molecule has 3 heteroatoms. The maximum atomic E-state index is 12.8. The number of ketones is 2. The summed E-state index contributed by atoms with van der Waals surface area (Å²) < 4.78 is 1.80. The number of aromatic nitrogens is 1. The summed E-state index contributed by atoms with van der Waals surface area (Å²) in [4.78, 5) is 25.5. The molecule has 1 heterocycles. The van der Waals surface area contributed by atoms with Crippen LogP contribution in [0.4, 0.5) is 0 Å². The first-order chi connectivity index (χ1) is 11.7. The van der Waals surface area contributed by atoms with E-state index in [0.717, 1.165) is 11.3 Å². The molecule has 1 aliphatic carbocycles. The van der Waals surface area contributed by atoms with E-state index in [1.54, 1.807) is 34.9 Å². The Morgan fingerprint density at radius 2 is 1.38 bits per heavy atom. The van der Waals surface area contributed by atoms with Gasteiger partial charge in [0, 0.05) is 23.9 Å². The smallest absolute Gasteiger partial charge is 0.210 e. The van der Waals surface area contributed by atoms with Crippen molar-refractivity contribution in [3.63, 3.8) is 0 Å². The molecular weight excluding hydrogens is 298 g/mol. The van der Waals surface area contributed by atoms with Gasteiger partial charge in [0.2, 0.25) is 5.78 Å². The summed E-state index contributed by atoms with van der Waals surface area (Å²) in [5.74, 6) is -0.183. The van der Waals surface area contributed by atoms with Crippen LogP contribution in [0.1, 0.15) is 43.2 Å². The number of hydrogen-bond donors (Lipinski definition) is 0. The van der Waals surface area contributed by atoms with Crippen molar-refractivity contribution in [3.8, 4) is 0 Å². The summed E-state index contributed by atoms with van der Waals surface area (Å²) in [6.07, 6.45) is 3.90. The average molecular weight is 313 g/mol. The molecule has 0 saturated heterocycles. The summed E-state index contributed by atoms with van der Waals surface area (Å²) in [5.41, 5.74) is 3.81. The van der Waals surface area contributed by atoms with Gasteiger partial charge in [0.15, 0.2) is 5.78 Å². The second-order valence-corrected chi connectivity index (χ2v) is 5.84. The van der Waals surface area contributed by atoms with Crippen molar-refractivity contribution in [2.45, 2.75) is 0 Å². The van der Waals surface area contributed by atoms with Gasteiger partial charge in [0.25, 0.3) is 0 Å². The number of rotatable bonds is 2. The average Bonchev–Trinajstić information content (AvgIpc) is 2.96. The zero-order valence-electron chi connectivity index (χ0n) is 13.2. The van der Waals surface area contributed by atoms with Crippen LogP contribution >= 0.6 is 0 Å². The van der Waals surface area contributed by atoms with E-state index in [1.807, 2.05) is 49.5 Å². The van der Waals surface area contributed by atoms with E-state index in [0.29, 0.717) is 22.4 Å². The van der Waals surface area contributed by atoms with Crippen LogP contribution in [0, 0.1) is 0 Å². The molecule has 0 spiro atoms. The van der Waals surface area contributed by atoms with Gasteiger partial charge in [-0.1, -0.05) is 60.7 Å². The molecule has 0 bridgehead atoms. The minimum atomic E-state index is -0.0953. The van der Waals surface area contributed by atoms with Gasteiger partial charge in [-0.25, -0.2) is 0 Å². The molecule has 0 atom stereocenters. The van der Waals surface area contributed by atoms with E-state index in [1.165, 1.54) is 0 Å². The van der Waals surface area contributed by atoms with E-state index >= 15 is 0 Å². The largest absolute Gasteiger partial charge is 0.341 e. The standard InChI is InChI=1S/C21H15NO2/c1-22-15(12-11-14-7-3-2-4-8-14)13-18-19(22)21(24)17-10-6-5-9-16(17)20(18)23/h2-13H,1H3. The molecule has 0 N–H and O–H groups in total. The zero-order chi connectivity index (χ0) is 16.7. The molecule has 0 radical (unpaired) electrons. The second-order valence-electron chi connectivity index (χ2n) is 5.84. The van der Waals surface area contributed by atoms with Crippen molar-refractivity contribution < 1.29 is 9.59 Å². The van der Waals surface area contributed by atoms with Gasteiger partial charge in [-0.2, -0.15) is 0 Å². The van der Waals surface area contributed by atoms with E-state index in [2.05, 4.69) is 0 Å². The van der Waals surface area contributed by atoms with Crippen LogP contribution < -0.4 is 0 Å². The third-order valence-electron chi connectivity index (χ3n) is 4.39. The summed E-state index contributed by atoms with van der Waals surface area (Å²) >= 11 is 0. The Kier molecular flexibility index (Phi) is 3.28. The van der Waals surface area contributed by atoms with Gasteiger partial charge in [-0.05, 0) is 17.7 Å². The summed E-state index contributed by atoms with van der Waals surface area (Å²) in [7, 11) is 1.82. The lowest BCUT2D eigenvalue weighted by molar-refractivity contribution is 0.0974. The number of carbonyl (C=O) groups excluding carboxylic acids is 2. The monoisotopic (exact) mass is 313 g/mol. The molecule has 0 amide bonds. The van der Waals surface area contributed by atoms with Gasteiger partial charge >= 0.3 is 0 Å². The van der Waals surface area contributed by atoms with E-state index in [-0.39, 0.29) is 11.6 Å². The Morgan fingerprint density at radius 1 is 0.750 bits per heavy atom. The SMILES string of the molecule is Cn1c(C=Cc2ccccc2)cc2c1C(=O)c1ccccc1C2=O. The molecule has 0 unspecified atom stereocenters. The quantitative estimate of drug-likeness (QED) is 0.561. The Labute approximate surface area is 139 Å². The Balaban J connectivity index is 1.81. The van der Waals surface area contributed by atoms with Crippen molar-refractivity contribution in [2.24, 2.45) is 7.05 Å². The summed E-state index contributed by atoms with van der Waals surface area (Å²) in [6.45, 7) is 0. The topological polar surface area (TPSA) is 39.1 Å². The van der Waals surface area contributed by atoms with Crippen molar-refractivity contribution in [2.75, 3.05) is 0 Å². The predicted molar refractivity (Wildman–Crippen MR) is 94.1 cm³/mol.